The molecule has 3 aromatic rings. The minimum absolute atomic E-state index is 0.835. The van der Waals surface area contributed by atoms with Gasteiger partial charge in [0.2, 0.25) is 11.4 Å². The van der Waals surface area contributed by atoms with E-state index in [1.54, 1.807) is 21.3 Å². The van der Waals surface area contributed by atoms with Gasteiger partial charge in [0, 0.05) is 23.3 Å². The van der Waals surface area contributed by atoms with Crippen molar-refractivity contribution in [2.45, 2.75) is 6.92 Å². The first-order chi connectivity index (χ1) is 13.6. The summed E-state index contributed by atoms with van der Waals surface area (Å²) in [6, 6.07) is 22.3. The molecule has 144 valence electrons. The van der Waals surface area contributed by atoms with Crippen LogP contribution in [0, 0.1) is 6.92 Å². The number of nitrogens with zero attached hydrogens (tertiary/aromatic N) is 1. The summed E-state index contributed by atoms with van der Waals surface area (Å²) in [4.78, 5) is 0. The Hall–Kier alpha value is -3.27. The average molecular weight is 376 g/mol. The summed E-state index contributed by atoms with van der Waals surface area (Å²) >= 11 is 0. The fourth-order valence-electron chi connectivity index (χ4n) is 3.24. The van der Waals surface area contributed by atoms with Crippen LogP contribution in [0.5, 0.6) is 17.2 Å². The van der Waals surface area contributed by atoms with Crippen LogP contribution < -0.4 is 14.2 Å². The van der Waals surface area contributed by atoms with Crippen LogP contribution >= 0.6 is 0 Å². The van der Waals surface area contributed by atoms with Gasteiger partial charge in [-0.15, -0.1) is 0 Å². The lowest BCUT2D eigenvalue weighted by atomic mass is 9.97. The van der Waals surface area contributed by atoms with Gasteiger partial charge < -0.3 is 14.2 Å². The lowest BCUT2D eigenvalue weighted by molar-refractivity contribution is -0.403. The van der Waals surface area contributed by atoms with Crippen LogP contribution in [0.2, 0.25) is 0 Å². The third-order valence-corrected chi connectivity index (χ3v) is 4.85. The summed E-state index contributed by atoms with van der Waals surface area (Å²) in [6.07, 6.45) is 0. The van der Waals surface area contributed by atoms with Crippen LogP contribution in [0.4, 0.5) is 5.69 Å². The predicted molar refractivity (Wildman–Crippen MR) is 113 cm³/mol. The van der Waals surface area contributed by atoms with Gasteiger partial charge in [-0.2, -0.15) is 4.58 Å². The molecule has 0 heterocycles. The molecule has 4 heteroatoms. The Bertz CT molecular complexity index is 974. The molecule has 0 saturated carbocycles. The second-order valence-electron chi connectivity index (χ2n) is 6.52. The van der Waals surface area contributed by atoms with Crippen LogP contribution in [0.25, 0.3) is 0 Å². The molecule has 3 aromatic carbocycles. The highest BCUT2D eigenvalue weighted by molar-refractivity contribution is 6.11. The van der Waals surface area contributed by atoms with Gasteiger partial charge in [0.25, 0.3) is 0 Å². The maximum atomic E-state index is 5.38. The molecular formula is C24H26NO3+. The van der Waals surface area contributed by atoms with Crippen molar-refractivity contribution in [2.75, 3.05) is 28.4 Å². The normalized spacial score (nSPS) is 11.6. The van der Waals surface area contributed by atoms with Crippen LogP contribution in [-0.4, -0.2) is 38.7 Å². The van der Waals surface area contributed by atoms with Gasteiger partial charge in [-0.3, -0.25) is 0 Å². The molecule has 0 unspecified atom stereocenters. The first-order valence-corrected chi connectivity index (χ1v) is 9.11. The molecule has 0 aliphatic rings. The van der Waals surface area contributed by atoms with Crippen molar-refractivity contribution in [1.29, 1.82) is 0 Å². The molecular weight excluding hydrogens is 350 g/mol. The number of methoxy groups -OCH3 is 3. The van der Waals surface area contributed by atoms with Crippen molar-refractivity contribution >= 4 is 11.4 Å². The second kappa shape index (κ2) is 8.61. The van der Waals surface area contributed by atoms with E-state index in [-0.39, 0.29) is 0 Å². The smallest absolute Gasteiger partial charge is 0.220 e. The summed E-state index contributed by atoms with van der Waals surface area (Å²) < 4.78 is 18.2. The fourth-order valence-corrected chi connectivity index (χ4v) is 3.24. The summed E-state index contributed by atoms with van der Waals surface area (Å²) in [7, 11) is 7.11. The van der Waals surface area contributed by atoms with E-state index in [0.29, 0.717) is 0 Å². The standard InChI is InChI=1S/C24H26NO3/c1-17-16-22(28-5)14-15-23(17)24(18-6-10-20(26-3)11-7-18)25(2)19-8-12-21(27-4)13-9-19/h6-16H,1-5H3/q+1. The van der Waals surface area contributed by atoms with Gasteiger partial charge in [0.1, 0.15) is 24.3 Å². The van der Waals surface area contributed by atoms with Gasteiger partial charge in [0.05, 0.1) is 21.3 Å². The third kappa shape index (κ3) is 4.01. The highest BCUT2D eigenvalue weighted by Gasteiger charge is 2.21. The number of benzene rings is 3. The Morgan fingerprint density at radius 3 is 1.68 bits per heavy atom. The van der Waals surface area contributed by atoms with E-state index in [4.69, 9.17) is 14.2 Å². The minimum atomic E-state index is 0.835. The van der Waals surface area contributed by atoms with E-state index >= 15 is 0 Å². The van der Waals surface area contributed by atoms with E-state index in [0.717, 1.165) is 45.3 Å². The van der Waals surface area contributed by atoms with Gasteiger partial charge >= 0.3 is 0 Å². The molecule has 0 fully saturated rings. The summed E-state index contributed by atoms with van der Waals surface area (Å²) in [5.74, 6) is 2.52. The van der Waals surface area contributed by atoms with Crippen LogP contribution in [0.1, 0.15) is 16.7 Å². The van der Waals surface area contributed by atoms with Crippen molar-refractivity contribution in [1.82, 2.24) is 0 Å². The number of hydrogen-bond acceptors (Lipinski definition) is 3. The van der Waals surface area contributed by atoms with Gasteiger partial charge in [0.15, 0.2) is 0 Å². The average Bonchev–Trinajstić information content (AvgIpc) is 2.75. The SMILES string of the molecule is COc1ccc(C(c2ccc(OC)cc2C)=[N+](C)c2ccc(OC)cc2)cc1. The number of hydrogen-bond donors (Lipinski definition) is 0. The van der Waals surface area contributed by atoms with Gasteiger partial charge in [-0.05, 0) is 67.1 Å². The molecule has 0 aliphatic carbocycles. The van der Waals surface area contributed by atoms with Gasteiger partial charge in [-0.1, -0.05) is 0 Å². The number of rotatable bonds is 6. The molecule has 0 aromatic heterocycles. The molecule has 0 bridgehead atoms. The first kappa shape index (κ1) is 19.5. The molecule has 0 saturated heterocycles. The number of aryl methyl sites for hydroxylation is 1. The van der Waals surface area contributed by atoms with Crippen molar-refractivity contribution in [2.24, 2.45) is 0 Å². The fraction of sp³-hybridized carbons (Fsp3) is 0.208. The highest BCUT2D eigenvalue weighted by Crippen LogP contribution is 2.25. The zero-order valence-electron chi connectivity index (χ0n) is 17.0. The molecule has 28 heavy (non-hydrogen) atoms. The predicted octanol–water partition coefficient (Wildman–Crippen LogP) is 4.83. The van der Waals surface area contributed by atoms with Crippen molar-refractivity contribution < 1.29 is 18.8 Å². The van der Waals surface area contributed by atoms with Crippen LogP contribution in [-0.2, 0) is 0 Å². The molecule has 0 radical (unpaired) electrons. The van der Waals surface area contributed by atoms with E-state index < -0.39 is 0 Å². The molecule has 0 aliphatic heterocycles. The quantitative estimate of drug-likeness (QED) is 0.456. The van der Waals surface area contributed by atoms with Crippen molar-refractivity contribution in [3.05, 3.63) is 83.4 Å². The summed E-state index contributed by atoms with van der Waals surface area (Å²) in [5.41, 5.74) is 5.57. The monoisotopic (exact) mass is 376 g/mol. The minimum Gasteiger partial charge on any atom is -0.497 e. The largest absolute Gasteiger partial charge is 0.497 e. The maximum absolute atomic E-state index is 5.38. The third-order valence-electron chi connectivity index (χ3n) is 4.85. The lowest BCUT2D eigenvalue weighted by Crippen LogP contribution is -2.17. The van der Waals surface area contributed by atoms with E-state index in [1.807, 2.05) is 30.3 Å². The molecule has 0 N–H and O–H groups in total. The zero-order valence-corrected chi connectivity index (χ0v) is 17.0. The van der Waals surface area contributed by atoms with E-state index in [9.17, 15) is 0 Å². The van der Waals surface area contributed by atoms with Gasteiger partial charge in [-0.25, -0.2) is 0 Å². The first-order valence-electron chi connectivity index (χ1n) is 9.11. The Kier molecular flexibility index (Phi) is 5.99. The van der Waals surface area contributed by atoms with Crippen LogP contribution in [0.3, 0.4) is 0 Å². The highest BCUT2D eigenvalue weighted by atomic mass is 16.5. The molecule has 0 amide bonds. The lowest BCUT2D eigenvalue weighted by Gasteiger charge is -2.12. The zero-order chi connectivity index (χ0) is 20.1. The Morgan fingerprint density at radius 1 is 0.679 bits per heavy atom. The molecule has 0 atom stereocenters. The molecule has 4 nitrogen and oxygen atoms in total. The Morgan fingerprint density at radius 2 is 1.18 bits per heavy atom. The van der Waals surface area contributed by atoms with E-state index in [2.05, 4.69) is 54.9 Å². The van der Waals surface area contributed by atoms with Crippen molar-refractivity contribution in [3.8, 4) is 17.2 Å². The second-order valence-corrected chi connectivity index (χ2v) is 6.52. The van der Waals surface area contributed by atoms with E-state index in [1.165, 1.54) is 0 Å². The molecule has 3 rings (SSSR count). The topological polar surface area (TPSA) is 30.7 Å². The maximum Gasteiger partial charge on any atom is 0.220 e. The summed E-state index contributed by atoms with van der Waals surface area (Å²) in [6.45, 7) is 2.10. The Balaban J connectivity index is 2.20. The van der Waals surface area contributed by atoms with Crippen molar-refractivity contribution in [3.63, 3.8) is 0 Å². The Labute approximate surface area is 166 Å². The molecule has 0 spiro atoms. The van der Waals surface area contributed by atoms with Crippen LogP contribution in [0.15, 0.2) is 66.7 Å². The number of ether oxygens (including phenoxy) is 3. The summed E-state index contributed by atoms with van der Waals surface area (Å²) in [5, 5.41) is 0.